The Kier molecular flexibility index (Phi) is 1.49. The first-order chi connectivity index (χ1) is 6.86. The summed E-state index contributed by atoms with van der Waals surface area (Å²) in [4.78, 5) is 4.09. The summed E-state index contributed by atoms with van der Waals surface area (Å²) in [7, 11) is 0. The quantitative estimate of drug-likeness (QED) is 0.605. The summed E-state index contributed by atoms with van der Waals surface area (Å²) in [6, 6.07) is 8.29. The molecule has 0 saturated heterocycles. The maximum absolute atomic E-state index is 5.91. The fourth-order valence-corrected chi connectivity index (χ4v) is 2.81. The molecule has 2 N–H and O–H groups in total. The zero-order valence-electron chi connectivity index (χ0n) is 7.40. The van der Waals surface area contributed by atoms with E-state index in [1.165, 1.54) is 10.1 Å². The van der Waals surface area contributed by atoms with Crippen LogP contribution in [0.1, 0.15) is 0 Å². The third kappa shape index (κ3) is 0.930. The number of pyridine rings is 1. The van der Waals surface area contributed by atoms with Gasteiger partial charge in [-0.15, -0.1) is 11.3 Å². The highest BCUT2D eigenvalue weighted by Crippen LogP contribution is 2.35. The van der Waals surface area contributed by atoms with E-state index in [1.807, 2.05) is 18.3 Å². The van der Waals surface area contributed by atoms with Gasteiger partial charge in [-0.05, 0) is 6.07 Å². The molecule has 3 rings (SSSR count). The number of thiophene rings is 1. The van der Waals surface area contributed by atoms with Gasteiger partial charge in [-0.25, -0.2) is 0 Å². The molecule has 68 valence electrons. The molecule has 2 nitrogen and oxygen atoms in total. The van der Waals surface area contributed by atoms with Crippen LogP contribution in [0.25, 0.3) is 20.2 Å². The number of hydrogen-bond acceptors (Lipinski definition) is 3. The Morgan fingerprint density at radius 2 is 1.93 bits per heavy atom. The Morgan fingerprint density at radius 3 is 2.86 bits per heavy atom. The van der Waals surface area contributed by atoms with E-state index in [4.69, 9.17) is 5.73 Å². The van der Waals surface area contributed by atoms with E-state index < -0.39 is 0 Å². The van der Waals surface area contributed by atoms with Crippen LogP contribution in [0.5, 0.6) is 0 Å². The zero-order chi connectivity index (χ0) is 9.54. The lowest BCUT2D eigenvalue weighted by molar-refractivity contribution is 1.38. The van der Waals surface area contributed by atoms with E-state index in [1.54, 1.807) is 17.5 Å². The lowest BCUT2D eigenvalue weighted by Crippen LogP contribution is -1.85. The molecular weight excluding hydrogens is 192 g/mol. The second-order valence-electron chi connectivity index (χ2n) is 3.20. The first kappa shape index (κ1) is 7.76. The molecule has 0 aliphatic carbocycles. The summed E-state index contributed by atoms with van der Waals surface area (Å²) in [5.74, 6) is 0. The number of nitrogens with two attached hydrogens (primary N) is 1. The van der Waals surface area contributed by atoms with Crippen molar-refractivity contribution in [3.05, 3.63) is 36.7 Å². The Balaban J connectivity index is 2.65. The van der Waals surface area contributed by atoms with Gasteiger partial charge < -0.3 is 5.73 Å². The average Bonchev–Trinajstić information content (AvgIpc) is 2.57. The number of benzene rings is 1. The van der Waals surface area contributed by atoms with E-state index in [-0.39, 0.29) is 0 Å². The monoisotopic (exact) mass is 200 g/mol. The standard InChI is InChI=1S/C11H8N2S/c12-8-5-13-6-10-11(8)7-3-1-2-4-9(7)14-10/h1-6H,12H2. The van der Waals surface area contributed by atoms with Crippen LogP contribution in [-0.4, -0.2) is 4.98 Å². The maximum atomic E-state index is 5.91. The van der Waals surface area contributed by atoms with Gasteiger partial charge in [0.05, 0.1) is 16.6 Å². The number of aromatic nitrogens is 1. The molecule has 2 aromatic heterocycles. The van der Waals surface area contributed by atoms with Crippen molar-refractivity contribution in [3.8, 4) is 0 Å². The summed E-state index contributed by atoms with van der Waals surface area (Å²) >= 11 is 1.73. The highest BCUT2D eigenvalue weighted by atomic mass is 32.1. The van der Waals surface area contributed by atoms with Crippen LogP contribution in [0.15, 0.2) is 36.7 Å². The van der Waals surface area contributed by atoms with E-state index in [0.29, 0.717) is 0 Å². The van der Waals surface area contributed by atoms with Crippen LogP contribution in [0.2, 0.25) is 0 Å². The van der Waals surface area contributed by atoms with E-state index in [9.17, 15) is 0 Å². The van der Waals surface area contributed by atoms with Gasteiger partial charge in [-0.1, -0.05) is 18.2 Å². The summed E-state index contributed by atoms with van der Waals surface area (Å²) in [5.41, 5.74) is 6.67. The number of anilines is 1. The van der Waals surface area contributed by atoms with Gasteiger partial charge in [0, 0.05) is 21.7 Å². The van der Waals surface area contributed by atoms with Gasteiger partial charge in [-0.2, -0.15) is 0 Å². The number of fused-ring (bicyclic) bond motifs is 3. The van der Waals surface area contributed by atoms with Crippen molar-refractivity contribution in [2.24, 2.45) is 0 Å². The lowest BCUT2D eigenvalue weighted by atomic mass is 10.2. The maximum Gasteiger partial charge on any atom is 0.0595 e. The van der Waals surface area contributed by atoms with Crippen molar-refractivity contribution in [2.75, 3.05) is 5.73 Å². The number of hydrogen-bond donors (Lipinski definition) is 1. The molecule has 0 unspecified atom stereocenters. The van der Waals surface area contributed by atoms with E-state index in [0.717, 1.165) is 15.8 Å². The van der Waals surface area contributed by atoms with Gasteiger partial charge in [0.2, 0.25) is 0 Å². The number of nitrogens with zero attached hydrogens (tertiary/aromatic N) is 1. The smallest absolute Gasteiger partial charge is 0.0595 e. The predicted octanol–water partition coefficient (Wildman–Crippen LogP) is 3.03. The van der Waals surface area contributed by atoms with Crippen LogP contribution in [0.3, 0.4) is 0 Å². The first-order valence-electron chi connectivity index (χ1n) is 4.37. The van der Waals surface area contributed by atoms with Crippen molar-refractivity contribution in [3.63, 3.8) is 0 Å². The Morgan fingerprint density at radius 1 is 1.07 bits per heavy atom. The highest BCUT2D eigenvalue weighted by molar-refractivity contribution is 7.25. The van der Waals surface area contributed by atoms with Gasteiger partial charge in [0.1, 0.15) is 0 Å². The minimum absolute atomic E-state index is 0.764. The SMILES string of the molecule is Nc1cncc2sc3ccccc3c12. The molecule has 0 bridgehead atoms. The number of nitrogen functional groups attached to an aromatic ring is 1. The van der Waals surface area contributed by atoms with Crippen LogP contribution in [0, 0.1) is 0 Å². The average molecular weight is 200 g/mol. The second kappa shape index (κ2) is 2.69. The zero-order valence-corrected chi connectivity index (χ0v) is 8.21. The van der Waals surface area contributed by atoms with Gasteiger partial charge >= 0.3 is 0 Å². The molecule has 0 spiro atoms. The van der Waals surface area contributed by atoms with Crippen molar-refractivity contribution in [1.82, 2.24) is 4.98 Å². The molecule has 0 amide bonds. The molecule has 2 heterocycles. The Labute approximate surface area is 85.0 Å². The predicted molar refractivity (Wildman–Crippen MR) is 61.5 cm³/mol. The van der Waals surface area contributed by atoms with Crippen LogP contribution in [0.4, 0.5) is 5.69 Å². The molecule has 1 aromatic carbocycles. The topological polar surface area (TPSA) is 38.9 Å². The molecule has 14 heavy (non-hydrogen) atoms. The van der Waals surface area contributed by atoms with Crippen LogP contribution < -0.4 is 5.73 Å². The summed E-state index contributed by atoms with van der Waals surface area (Å²) in [6.07, 6.45) is 3.58. The highest BCUT2D eigenvalue weighted by Gasteiger charge is 2.06. The Hall–Kier alpha value is -1.61. The normalized spacial score (nSPS) is 11.1. The van der Waals surface area contributed by atoms with Gasteiger partial charge in [0.15, 0.2) is 0 Å². The molecule has 3 heteroatoms. The fraction of sp³-hybridized carbons (Fsp3) is 0. The molecule has 3 aromatic rings. The molecule has 0 saturated carbocycles. The minimum atomic E-state index is 0.764. The summed E-state index contributed by atoms with van der Waals surface area (Å²) in [6.45, 7) is 0. The van der Waals surface area contributed by atoms with Crippen molar-refractivity contribution >= 4 is 37.2 Å². The molecule has 0 aliphatic heterocycles. The first-order valence-corrected chi connectivity index (χ1v) is 5.18. The molecule has 0 radical (unpaired) electrons. The van der Waals surface area contributed by atoms with Gasteiger partial charge in [-0.3, -0.25) is 4.98 Å². The molecule has 0 atom stereocenters. The molecule has 0 aliphatic rings. The number of rotatable bonds is 0. The van der Waals surface area contributed by atoms with E-state index >= 15 is 0 Å². The summed E-state index contributed by atoms with van der Waals surface area (Å²) in [5, 5.41) is 2.37. The molecular formula is C11H8N2S. The summed E-state index contributed by atoms with van der Waals surface area (Å²) < 4.78 is 2.42. The van der Waals surface area contributed by atoms with Crippen molar-refractivity contribution in [2.45, 2.75) is 0 Å². The van der Waals surface area contributed by atoms with Crippen molar-refractivity contribution < 1.29 is 0 Å². The minimum Gasteiger partial charge on any atom is -0.397 e. The third-order valence-electron chi connectivity index (χ3n) is 2.32. The molecule has 0 fully saturated rings. The Bertz CT molecular complexity index is 613. The van der Waals surface area contributed by atoms with Crippen LogP contribution >= 0.6 is 11.3 Å². The van der Waals surface area contributed by atoms with Crippen molar-refractivity contribution in [1.29, 1.82) is 0 Å². The fourth-order valence-electron chi connectivity index (χ4n) is 1.70. The largest absolute Gasteiger partial charge is 0.397 e. The lowest BCUT2D eigenvalue weighted by Gasteiger charge is -1.94. The second-order valence-corrected chi connectivity index (χ2v) is 4.28. The van der Waals surface area contributed by atoms with Crippen LogP contribution in [-0.2, 0) is 0 Å². The van der Waals surface area contributed by atoms with E-state index in [2.05, 4.69) is 17.1 Å². The third-order valence-corrected chi connectivity index (χ3v) is 3.42. The van der Waals surface area contributed by atoms with Gasteiger partial charge in [0.25, 0.3) is 0 Å².